The molecule has 1 N–H and O–H groups in total. The molecule has 0 fully saturated rings. The quantitative estimate of drug-likeness (QED) is 0.372. The van der Waals surface area contributed by atoms with E-state index in [9.17, 15) is 28.1 Å². The van der Waals surface area contributed by atoms with Gasteiger partial charge in [-0.15, -0.1) is 0 Å². The van der Waals surface area contributed by atoms with Crippen LogP contribution in [0, 0.1) is 17.0 Å². The van der Waals surface area contributed by atoms with Crippen molar-refractivity contribution in [1.82, 2.24) is 0 Å². The van der Waals surface area contributed by atoms with Crippen LogP contribution in [-0.2, 0) is 19.6 Å². The minimum absolute atomic E-state index is 0.0274. The second-order valence-corrected chi connectivity index (χ2v) is 8.61. The minimum atomic E-state index is -3.97. The van der Waals surface area contributed by atoms with Gasteiger partial charge in [-0.3, -0.25) is 19.2 Å². The number of amides is 1. The van der Waals surface area contributed by atoms with Crippen molar-refractivity contribution in [2.75, 3.05) is 22.5 Å². The number of benzene rings is 2. The minimum Gasteiger partial charge on any atom is -0.462 e. The van der Waals surface area contributed by atoms with Crippen molar-refractivity contribution >= 4 is 39.0 Å². The highest BCUT2D eigenvalue weighted by molar-refractivity contribution is 7.92. The number of nitro groups is 1. The first-order valence-electron chi connectivity index (χ1n) is 9.28. The largest absolute Gasteiger partial charge is 0.462 e. The van der Waals surface area contributed by atoms with Crippen LogP contribution in [0.5, 0.6) is 0 Å². The highest BCUT2D eigenvalue weighted by Crippen LogP contribution is 2.29. The van der Waals surface area contributed by atoms with Crippen molar-refractivity contribution in [2.45, 2.75) is 26.8 Å². The average Bonchev–Trinajstić information content (AvgIpc) is 2.68. The molecule has 2 aromatic carbocycles. The van der Waals surface area contributed by atoms with E-state index in [0.717, 1.165) is 16.6 Å². The Morgan fingerprint density at radius 2 is 1.90 bits per heavy atom. The number of anilines is 2. The molecular weight excluding hydrogens is 426 g/mol. The first-order chi connectivity index (χ1) is 14.5. The summed E-state index contributed by atoms with van der Waals surface area (Å²) in [6.45, 7) is 4.81. The second-order valence-electron chi connectivity index (χ2n) is 6.75. The van der Waals surface area contributed by atoms with Gasteiger partial charge in [-0.1, -0.05) is 12.1 Å². The Kier molecular flexibility index (Phi) is 7.34. The van der Waals surface area contributed by atoms with Gasteiger partial charge < -0.3 is 10.1 Å². The number of non-ortho nitro benzene ring substituents is 1. The molecule has 1 amide bonds. The molecule has 0 aliphatic rings. The standard InChI is InChI=1S/C20H23N3O7S/c1-5-30-20(25)15-7-6-8-16(11-15)21-19(24)14(3)22(31(4,28)29)18-12-17(23(26)27)10-9-13(18)2/h6-12,14H,5H2,1-4H3,(H,21,24)/t14-/m0/s1. The molecule has 0 saturated carbocycles. The zero-order chi connectivity index (χ0) is 23.3. The number of rotatable bonds is 8. The molecule has 0 heterocycles. The summed E-state index contributed by atoms with van der Waals surface area (Å²) in [6.07, 6.45) is 0.913. The second kappa shape index (κ2) is 9.56. The summed E-state index contributed by atoms with van der Waals surface area (Å²) in [5.41, 5.74) is 0.664. The first kappa shape index (κ1) is 23.8. The lowest BCUT2D eigenvalue weighted by molar-refractivity contribution is -0.384. The van der Waals surface area contributed by atoms with E-state index in [2.05, 4.69) is 5.32 Å². The maximum Gasteiger partial charge on any atom is 0.338 e. The molecule has 0 aliphatic carbocycles. The molecular formula is C20H23N3O7S. The molecule has 0 bridgehead atoms. The number of esters is 1. The van der Waals surface area contributed by atoms with Gasteiger partial charge in [0, 0.05) is 17.8 Å². The first-order valence-corrected chi connectivity index (χ1v) is 11.1. The lowest BCUT2D eigenvalue weighted by Gasteiger charge is -2.29. The SMILES string of the molecule is CCOC(=O)c1cccc(NC(=O)[C@H](C)N(c2cc([N+](=O)[O-])ccc2C)S(C)(=O)=O)c1. The maximum absolute atomic E-state index is 12.8. The van der Waals surface area contributed by atoms with Crippen LogP contribution in [0.15, 0.2) is 42.5 Å². The summed E-state index contributed by atoms with van der Waals surface area (Å²) in [7, 11) is -3.97. The number of sulfonamides is 1. The van der Waals surface area contributed by atoms with E-state index < -0.39 is 32.9 Å². The molecule has 0 aliphatic heterocycles. The number of nitrogens with one attached hydrogen (secondary N) is 1. The summed E-state index contributed by atoms with van der Waals surface area (Å²) < 4.78 is 30.7. The lowest BCUT2D eigenvalue weighted by atomic mass is 10.1. The Balaban J connectivity index is 2.38. The Hall–Kier alpha value is -3.47. The van der Waals surface area contributed by atoms with Gasteiger partial charge in [0.2, 0.25) is 15.9 Å². The van der Waals surface area contributed by atoms with Gasteiger partial charge in [0.05, 0.1) is 29.0 Å². The summed E-state index contributed by atoms with van der Waals surface area (Å²) >= 11 is 0. The highest BCUT2D eigenvalue weighted by atomic mass is 32.2. The number of nitro benzene ring substituents is 1. The summed E-state index contributed by atoms with van der Waals surface area (Å²) in [6, 6.07) is 8.56. The van der Waals surface area contributed by atoms with Crippen LogP contribution in [0.4, 0.5) is 17.1 Å². The molecule has 0 unspecified atom stereocenters. The number of hydrogen-bond donors (Lipinski definition) is 1. The van der Waals surface area contributed by atoms with Gasteiger partial charge in [-0.25, -0.2) is 13.2 Å². The normalized spacial score (nSPS) is 12.0. The van der Waals surface area contributed by atoms with Crippen molar-refractivity contribution in [3.63, 3.8) is 0 Å². The van der Waals surface area contributed by atoms with Gasteiger partial charge in [0.25, 0.3) is 5.69 Å². The number of hydrogen-bond acceptors (Lipinski definition) is 7. The van der Waals surface area contributed by atoms with E-state index >= 15 is 0 Å². The topological polar surface area (TPSA) is 136 Å². The van der Waals surface area contributed by atoms with Crippen LogP contribution in [0.1, 0.15) is 29.8 Å². The molecule has 0 aromatic heterocycles. The zero-order valence-electron chi connectivity index (χ0n) is 17.5. The number of carbonyl (C=O) groups is 2. The zero-order valence-corrected chi connectivity index (χ0v) is 18.3. The number of ether oxygens (including phenoxy) is 1. The monoisotopic (exact) mass is 449 g/mol. The third-order valence-electron chi connectivity index (χ3n) is 4.37. The Morgan fingerprint density at radius 1 is 1.23 bits per heavy atom. The molecule has 10 nitrogen and oxygen atoms in total. The Morgan fingerprint density at radius 3 is 2.48 bits per heavy atom. The third-order valence-corrected chi connectivity index (χ3v) is 5.60. The number of nitrogens with zero attached hydrogens (tertiary/aromatic N) is 2. The summed E-state index contributed by atoms with van der Waals surface area (Å²) in [5, 5.41) is 13.7. The predicted molar refractivity (Wildman–Crippen MR) is 116 cm³/mol. The fraction of sp³-hybridized carbons (Fsp3) is 0.300. The van der Waals surface area contributed by atoms with Gasteiger partial charge in [0.15, 0.2) is 0 Å². The molecule has 31 heavy (non-hydrogen) atoms. The van der Waals surface area contributed by atoms with E-state index in [-0.39, 0.29) is 29.2 Å². The van der Waals surface area contributed by atoms with Crippen molar-refractivity contribution in [3.8, 4) is 0 Å². The molecule has 0 spiro atoms. The fourth-order valence-corrected chi connectivity index (χ4v) is 4.14. The van der Waals surface area contributed by atoms with Crippen LogP contribution >= 0.6 is 0 Å². The van der Waals surface area contributed by atoms with Crippen LogP contribution in [0.25, 0.3) is 0 Å². The highest BCUT2D eigenvalue weighted by Gasteiger charge is 2.31. The van der Waals surface area contributed by atoms with Crippen molar-refractivity contribution in [1.29, 1.82) is 0 Å². The van der Waals surface area contributed by atoms with E-state index in [0.29, 0.717) is 5.56 Å². The molecule has 2 rings (SSSR count). The van der Waals surface area contributed by atoms with Crippen molar-refractivity contribution in [2.24, 2.45) is 0 Å². The number of aryl methyl sites for hydroxylation is 1. The van der Waals surface area contributed by atoms with Gasteiger partial charge in [-0.2, -0.15) is 0 Å². The molecule has 0 radical (unpaired) electrons. The molecule has 11 heteroatoms. The smallest absolute Gasteiger partial charge is 0.338 e. The summed E-state index contributed by atoms with van der Waals surface area (Å²) in [5.74, 6) is -1.24. The van der Waals surface area contributed by atoms with Crippen LogP contribution in [-0.4, -0.2) is 44.1 Å². The lowest BCUT2D eigenvalue weighted by Crippen LogP contribution is -2.45. The van der Waals surface area contributed by atoms with Crippen LogP contribution in [0.2, 0.25) is 0 Å². The fourth-order valence-electron chi connectivity index (χ4n) is 2.91. The van der Waals surface area contributed by atoms with Gasteiger partial charge in [0.1, 0.15) is 6.04 Å². The Bertz CT molecular complexity index is 1120. The van der Waals surface area contributed by atoms with E-state index in [1.165, 1.54) is 37.3 Å². The van der Waals surface area contributed by atoms with E-state index in [1.54, 1.807) is 19.9 Å². The molecule has 0 saturated heterocycles. The predicted octanol–water partition coefficient (Wildman–Crippen LogP) is 2.87. The Labute approximate surface area is 180 Å². The van der Waals surface area contributed by atoms with Crippen molar-refractivity contribution < 1.29 is 27.7 Å². The summed E-state index contributed by atoms with van der Waals surface area (Å²) in [4.78, 5) is 35.2. The maximum atomic E-state index is 12.8. The van der Waals surface area contributed by atoms with E-state index in [1.807, 2.05) is 0 Å². The van der Waals surface area contributed by atoms with E-state index in [4.69, 9.17) is 4.74 Å². The number of carbonyl (C=O) groups excluding carboxylic acids is 2. The van der Waals surface area contributed by atoms with Crippen molar-refractivity contribution in [3.05, 3.63) is 63.7 Å². The molecule has 2 aromatic rings. The van der Waals surface area contributed by atoms with Gasteiger partial charge in [-0.05, 0) is 44.5 Å². The van der Waals surface area contributed by atoms with Crippen LogP contribution in [0.3, 0.4) is 0 Å². The van der Waals surface area contributed by atoms with Crippen LogP contribution < -0.4 is 9.62 Å². The molecule has 1 atom stereocenters. The van der Waals surface area contributed by atoms with Gasteiger partial charge >= 0.3 is 5.97 Å². The average molecular weight is 449 g/mol. The third kappa shape index (κ3) is 5.79. The molecule has 166 valence electrons.